The van der Waals surface area contributed by atoms with Crippen molar-refractivity contribution >= 4 is 17.4 Å². The van der Waals surface area contributed by atoms with E-state index in [0.717, 1.165) is 43.0 Å². The third-order valence-corrected chi connectivity index (χ3v) is 5.13. The van der Waals surface area contributed by atoms with Crippen molar-refractivity contribution in [3.05, 3.63) is 65.5 Å². The number of nitrogens with zero attached hydrogens (tertiary/aromatic N) is 3. The first kappa shape index (κ1) is 20.0. The Morgan fingerprint density at radius 1 is 0.964 bits per heavy atom. The van der Waals surface area contributed by atoms with Gasteiger partial charge in [0.2, 0.25) is 5.91 Å². The molecule has 148 valence electrons. The molecule has 0 atom stereocenters. The number of hydrogen-bond donors (Lipinski definition) is 0. The number of halogens is 1. The van der Waals surface area contributed by atoms with Crippen LogP contribution in [0.5, 0.6) is 0 Å². The van der Waals surface area contributed by atoms with Crippen molar-refractivity contribution in [1.29, 1.82) is 0 Å². The molecule has 1 heterocycles. The number of Topliss-reactive ketones (excluding diaryl/α,β-unsaturated/α-hetero) is 1. The fourth-order valence-corrected chi connectivity index (χ4v) is 3.33. The Kier molecular flexibility index (Phi) is 6.41. The molecule has 1 amide bonds. The molecule has 1 fully saturated rings. The summed E-state index contributed by atoms with van der Waals surface area (Å²) in [6.45, 7) is 5.73. The number of amides is 1. The number of likely N-dealkylation sites (N-methyl/N-ethyl adjacent to an activating group) is 1. The maximum absolute atomic E-state index is 13.0. The average Bonchev–Trinajstić information content (AvgIpc) is 2.70. The smallest absolute Gasteiger partial charge is 0.236 e. The second-order valence-corrected chi connectivity index (χ2v) is 7.24. The molecule has 5 nitrogen and oxygen atoms in total. The first-order valence-electron chi connectivity index (χ1n) is 9.49. The summed E-state index contributed by atoms with van der Waals surface area (Å²) in [6.07, 6.45) is 0. The third kappa shape index (κ3) is 5.16. The first-order valence-corrected chi connectivity index (χ1v) is 9.49. The summed E-state index contributed by atoms with van der Waals surface area (Å²) in [5.74, 6) is -0.144. The minimum Gasteiger partial charge on any atom is -0.369 e. The maximum atomic E-state index is 13.0. The van der Waals surface area contributed by atoms with E-state index in [1.807, 2.05) is 24.3 Å². The van der Waals surface area contributed by atoms with E-state index in [0.29, 0.717) is 13.1 Å². The lowest BCUT2D eigenvalue weighted by atomic mass is 10.1. The van der Waals surface area contributed by atoms with Crippen molar-refractivity contribution in [3.63, 3.8) is 0 Å². The van der Waals surface area contributed by atoms with Crippen LogP contribution in [0.25, 0.3) is 0 Å². The van der Waals surface area contributed by atoms with Crippen molar-refractivity contribution in [1.82, 2.24) is 9.80 Å². The van der Waals surface area contributed by atoms with E-state index in [-0.39, 0.29) is 17.5 Å². The predicted octanol–water partition coefficient (Wildman–Crippen LogP) is 2.81. The van der Waals surface area contributed by atoms with E-state index < -0.39 is 0 Å². The molecule has 6 heteroatoms. The van der Waals surface area contributed by atoms with Crippen LogP contribution in [0.3, 0.4) is 0 Å². The van der Waals surface area contributed by atoms with Crippen molar-refractivity contribution in [2.75, 3.05) is 44.7 Å². The Bertz CT molecular complexity index is 813. The summed E-state index contributed by atoms with van der Waals surface area (Å²) in [4.78, 5) is 30.0. The van der Waals surface area contributed by atoms with Crippen LogP contribution in [0, 0.1) is 5.82 Å². The van der Waals surface area contributed by atoms with Gasteiger partial charge >= 0.3 is 0 Å². The highest BCUT2D eigenvalue weighted by molar-refractivity contribution is 5.94. The zero-order chi connectivity index (χ0) is 20.1. The quantitative estimate of drug-likeness (QED) is 0.720. The van der Waals surface area contributed by atoms with Gasteiger partial charge in [-0.3, -0.25) is 14.5 Å². The third-order valence-electron chi connectivity index (χ3n) is 5.13. The summed E-state index contributed by atoms with van der Waals surface area (Å²) < 4.78 is 13.0. The number of carbonyl (C=O) groups excluding carboxylic acids is 2. The molecule has 0 aliphatic carbocycles. The van der Waals surface area contributed by atoms with Crippen LogP contribution in [0.1, 0.15) is 22.8 Å². The minimum absolute atomic E-state index is 0.0589. The number of rotatable bonds is 6. The zero-order valence-electron chi connectivity index (χ0n) is 16.4. The largest absolute Gasteiger partial charge is 0.369 e. The van der Waals surface area contributed by atoms with Crippen LogP contribution >= 0.6 is 0 Å². The first-order chi connectivity index (χ1) is 13.4. The highest BCUT2D eigenvalue weighted by atomic mass is 19.1. The number of hydrogen-bond acceptors (Lipinski definition) is 4. The fourth-order valence-electron chi connectivity index (χ4n) is 3.33. The highest BCUT2D eigenvalue weighted by Gasteiger charge is 2.21. The van der Waals surface area contributed by atoms with Gasteiger partial charge in [0.15, 0.2) is 5.78 Å². The van der Waals surface area contributed by atoms with E-state index in [1.54, 1.807) is 31.0 Å². The van der Waals surface area contributed by atoms with Gasteiger partial charge in [0, 0.05) is 51.0 Å². The number of piperazine rings is 1. The summed E-state index contributed by atoms with van der Waals surface area (Å²) in [6, 6.07) is 13.9. The number of benzene rings is 2. The molecule has 2 aromatic rings. The minimum atomic E-state index is -0.272. The van der Waals surface area contributed by atoms with Crippen molar-refractivity contribution in [3.8, 4) is 0 Å². The Balaban J connectivity index is 1.47. The average molecular weight is 383 g/mol. The van der Waals surface area contributed by atoms with Gasteiger partial charge in [-0.2, -0.15) is 0 Å². The van der Waals surface area contributed by atoms with E-state index >= 15 is 0 Å². The van der Waals surface area contributed by atoms with E-state index in [9.17, 15) is 14.0 Å². The number of carbonyl (C=O) groups is 2. The van der Waals surface area contributed by atoms with Gasteiger partial charge in [-0.25, -0.2) is 4.39 Å². The van der Waals surface area contributed by atoms with Gasteiger partial charge < -0.3 is 9.80 Å². The molecule has 1 aliphatic rings. The summed E-state index contributed by atoms with van der Waals surface area (Å²) in [5.41, 5.74) is 2.73. The van der Waals surface area contributed by atoms with E-state index in [4.69, 9.17) is 0 Å². The molecule has 3 rings (SSSR count). The van der Waals surface area contributed by atoms with Gasteiger partial charge in [-0.05, 0) is 48.9 Å². The van der Waals surface area contributed by atoms with E-state index in [1.165, 1.54) is 12.1 Å². The van der Waals surface area contributed by atoms with E-state index in [2.05, 4.69) is 9.80 Å². The second-order valence-electron chi connectivity index (χ2n) is 7.24. The summed E-state index contributed by atoms with van der Waals surface area (Å²) >= 11 is 0. The number of ketones is 1. The van der Waals surface area contributed by atoms with Gasteiger partial charge in [0.1, 0.15) is 5.82 Å². The van der Waals surface area contributed by atoms with Crippen LogP contribution in [0.2, 0.25) is 0 Å². The molecule has 0 spiro atoms. The molecule has 0 aromatic heterocycles. The van der Waals surface area contributed by atoms with Crippen molar-refractivity contribution < 1.29 is 14.0 Å². The Morgan fingerprint density at radius 3 is 2.14 bits per heavy atom. The summed E-state index contributed by atoms with van der Waals surface area (Å²) in [7, 11) is 1.78. The Hall–Kier alpha value is -2.73. The standard InChI is InChI=1S/C22H26FN3O2/c1-17(27)19-5-9-21(10-6-19)26-13-11-25(12-14-26)16-22(28)24(2)15-18-3-7-20(23)8-4-18/h3-10H,11-16H2,1-2H3. The molecule has 28 heavy (non-hydrogen) atoms. The maximum Gasteiger partial charge on any atom is 0.236 e. The van der Waals surface area contributed by atoms with Crippen LogP contribution in [0.15, 0.2) is 48.5 Å². The normalized spacial score (nSPS) is 14.8. The van der Waals surface area contributed by atoms with Gasteiger partial charge in [-0.15, -0.1) is 0 Å². The van der Waals surface area contributed by atoms with Crippen molar-refractivity contribution in [2.24, 2.45) is 0 Å². The molecule has 0 N–H and O–H groups in total. The molecule has 2 aromatic carbocycles. The SMILES string of the molecule is CC(=O)c1ccc(N2CCN(CC(=O)N(C)Cc3ccc(F)cc3)CC2)cc1. The Labute approximate surface area is 165 Å². The molecular formula is C22H26FN3O2. The molecule has 1 saturated heterocycles. The van der Waals surface area contributed by atoms with Gasteiger partial charge in [0.25, 0.3) is 0 Å². The fraction of sp³-hybridized carbons (Fsp3) is 0.364. The van der Waals surface area contributed by atoms with Crippen LogP contribution in [0.4, 0.5) is 10.1 Å². The number of anilines is 1. The predicted molar refractivity (Wildman–Crippen MR) is 108 cm³/mol. The van der Waals surface area contributed by atoms with Crippen LogP contribution in [-0.4, -0.2) is 61.3 Å². The monoisotopic (exact) mass is 383 g/mol. The topological polar surface area (TPSA) is 43.9 Å². The zero-order valence-corrected chi connectivity index (χ0v) is 16.4. The van der Waals surface area contributed by atoms with Crippen LogP contribution in [-0.2, 0) is 11.3 Å². The molecule has 0 saturated carbocycles. The molecule has 0 unspecified atom stereocenters. The molecule has 0 bridgehead atoms. The van der Waals surface area contributed by atoms with Gasteiger partial charge in [0.05, 0.1) is 6.54 Å². The van der Waals surface area contributed by atoms with Gasteiger partial charge in [-0.1, -0.05) is 12.1 Å². The second kappa shape index (κ2) is 8.97. The van der Waals surface area contributed by atoms with Crippen LogP contribution < -0.4 is 4.90 Å². The Morgan fingerprint density at radius 2 is 1.57 bits per heavy atom. The lowest BCUT2D eigenvalue weighted by Crippen LogP contribution is -2.49. The lowest BCUT2D eigenvalue weighted by Gasteiger charge is -2.36. The highest BCUT2D eigenvalue weighted by Crippen LogP contribution is 2.18. The molecular weight excluding hydrogens is 357 g/mol. The van der Waals surface area contributed by atoms with Crippen molar-refractivity contribution in [2.45, 2.75) is 13.5 Å². The lowest BCUT2D eigenvalue weighted by molar-refractivity contribution is -0.131. The molecule has 0 radical (unpaired) electrons. The molecule has 1 aliphatic heterocycles. The summed E-state index contributed by atoms with van der Waals surface area (Å²) in [5, 5.41) is 0.